The summed E-state index contributed by atoms with van der Waals surface area (Å²) in [5, 5.41) is 3.91. The highest BCUT2D eigenvalue weighted by atomic mass is 35.5. The molecule has 0 aliphatic carbocycles. The monoisotopic (exact) mass is 329 g/mol. The van der Waals surface area contributed by atoms with Crippen molar-refractivity contribution in [3.05, 3.63) is 63.1 Å². The Morgan fingerprint density at radius 2 is 1.76 bits per heavy atom. The lowest BCUT2D eigenvalue weighted by atomic mass is 10.0. The summed E-state index contributed by atoms with van der Waals surface area (Å²) in [5.74, 6) is -0.921. The van der Waals surface area contributed by atoms with Crippen LogP contribution in [0.5, 0.6) is 0 Å². The first-order valence-electron chi connectivity index (χ1n) is 6.59. The minimum atomic E-state index is -0.479. The normalized spacial score (nSPS) is 12.3. The zero-order valence-electron chi connectivity index (χ0n) is 11.7. The van der Waals surface area contributed by atoms with E-state index < -0.39 is 11.6 Å². The molecule has 0 radical (unpaired) electrons. The van der Waals surface area contributed by atoms with E-state index in [0.717, 1.165) is 5.56 Å². The van der Waals surface area contributed by atoms with Crippen LogP contribution in [-0.2, 0) is 0 Å². The quantitative estimate of drug-likeness (QED) is 0.709. The summed E-state index contributed by atoms with van der Waals surface area (Å²) in [5.41, 5.74) is 1.28. The second kappa shape index (κ2) is 6.63. The fourth-order valence-electron chi connectivity index (χ4n) is 2.09. The van der Waals surface area contributed by atoms with Crippen LogP contribution in [0.3, 0.4) is 0 Å². The summed E-state index contributed by atoms with van der Waals surface area (Å²) in [6.45, 7) is 3.47. The number of hydrogen-bond acceptors (Lipinski definition) is 1. The van der Waals surface area contributed by atoms with E-state index in [-0.39, 0.29) is 17.3 Å². The van der Waals surface area contributed by atoms with Gasteiger partial charge in [-0.1, -0.05) is 36.2 Å². The van der Waals surface area contributed by atoms with Gasteiger partial charge in [-0.3, -0.25) is 0 Å². The van der Waals surface area contributed by atoms with Gasteiger partial charge in [0.2, 0.25) is 0 Å². The largest absolute Gasteiger partial charge is 0.376 e. The number of aryl methyl sites for hydroxylation is 1. The van der Waals surface area contributed by atoms with Crippen molar-refractivity contribution in [3.63, 3.8) is 0 Å². The van der Waals surface area contributed by atoms with Crippen LogP contribution in [-0.4, -0.2) is 0 Å². The van der Waals surface area contributed by atoms with Crippen molar-refractivity contribution in [2.75, 3.05) is 5.32 Å². The summed E-state index contributed by atoms with van der Waals surface area (Å²) < 4.78 is 27.5. The van der Waals surface area contributed by atoms with Crippen LogP contribution in [0, 0.1) is 18.6 Å². The van der Waals surface area contributed by atoms with Crippen molar-refractivity contribution in [1.29, 1.82) is 0 Å². The molecule has 0 spiro atoms. The van der Waals surface area contributed by atoms with E-state index in [2.05, 4.69) is 5.32 Å². The smallest absolute Gasteiger partial charge is 0.146 e. The van der Waals surface area contributed by atoms with Crippen molar-refractivity contribution in [3.8, 4) is 0 Å². The summed E-state index contributed by atoms with van der Waals surface area (Å²) in [4.78, 5) is 0. The van der Waals surface area contributed by atoms with E-state index in [1.807, 2.05) is 13.0 Å². The topological polar surface area (TPSA) is 12.0 Å². The number of hydrogen-bond donors (Lipinski definition) is 1. The average Bonchev–Trinajstić information content (AvgIpc) is 2.44. The van der Waals surface area contributed by atoms with Crippen LogP contribution >= 0.6 is 23.2 Å². The Morgan fingerprint density at radius 1 is 1.05 bits per heavy atom. The molecule has 2 aromatic rings. The first-order chi connectivity index (χ1) is 9.92. The van der Waals surface area contributed by atoms with Crippen LogP contribution in [0.15, 0.2) is 30.3 Å². The van der Waals surface area contributed by atoms with Gasteiger partial charge in [-0.25, -0.2) is 8.78 Å². The molecule has 1 nitrogen and oxygen atoms in total. The number of benzene rings is 2. The first kappa shape index (κ1) is 16.1. The lowest BCUT2D eigenvalue weighted by Crippen LogP contribution is -2.11. The van der Waals surface area contributed by atoms with Gasteiger partial charge in [0.15, 0.2) is 0 Å². The molecule has 112 valence electrons. The third kappa shape index (κ3) is 3.66. The lowest BCUT2D eigenvalue weighted by molar-refractivity contribution is 0.591. The third-order valence-electron chi connectivity index (χ3n) is 3.33. The van der Waals surface area contributed by atoms with Crippen molar-refractivity contribution in [2.45, 2.75) is 26.3 Å². The van der Waals surface area contributed by atoms with Gasteiger partial charge in [0.1, 0.15) is 11.6 Å². The van der Waals surface area contributed by atoms with Gasteiger partial charge in [-0.05, 0) is 42.7 Å². The minimum Gasteiger partial charge on any atom is -0.376 e. The molecular weight excluding hydrogens is 315 g/mol. The molecule has 1 unspecified atom stereocenters. The van der Waals surface area contributed by atoms with E-state index in [9.17, 15) is 8.78 Å². The second-order valence-corrected chi connectivity index (χ2v) is 5.67. The maximum atomic E-state index is 13.9. The molecule has 0 saturated heterocycles. The molecule has 0 heterocycles. The fourth-order valence-corrected chi connectivity index (χ4v) is 2.40. The molecule has 0 aliphatic rings. The molecule has 0 fully saturated rings. The van der Waals surface area contributed by atoms with Crippen molar-refractivity contribution in [2.24, 2.45) is 0 Å². The molecular formula is C16H15Cl2F2N. The van der Waals surface area contributed by atoms with Crippen LogP contribution < -0.4 is 5.32 Å². The lowest BCUT2D eigenvalue weighted by Gasteiger charge is -2.20. The van der Waals surface area contributed by atoms with Crippen LogP contribution in [0.4, 0.5) is 14.5 Å². The molecule has 1 N–H and O–H groups in total. The van der Waals surface area contributed by atoms with Gasteiger partial charge < -0.3 is 5.32 Å². The average molecular weight is 330 g/mol. The van der Waals surface area contributed by atoms with Crippen molar-refractivity contribution >= 4 is 28.9 Å². The Hall–Kier alpha value is -1.32. The molecule has 0 aliphatic heterocycles. The summed E-state index contributed by atoms with van der Waals surface area (Å²) in [7, 11) is 0. The van der Waals surface area contributed by atoms with E-state index >= 15 is 0 Å². The van der Waals surface area contributed by atoms with E-state index in [4.69, 9.17) is 23.2 Å². The first-order valence-corrected chi connectivity index (χ1v) is 7.35. The molecule has 2 rings (SSSR count). The molecule has 1 atom stereocenters. The van der Waals surface area contributed by atoms with Crippen LogP contribution in [0.1, 0.15) is 30.5 Å². The number of halogens is 4. The predicted molar refractivity (Wildman–Crippen MR) is 84.2 cm³/mol. The zero-order valence-corrected chi connectivity index (χ0v) is 13.2. The highest BCUT2D eigenvalue weighted by molar-refractivity contribution is 6.42. The summed E-state index contributed by atoms with van der Waals surface area (Å²) in [6.07, 6.45) is 0.687. The third-order valence-corrected chi connectivity index (χ3v) is 4.07. The predicted octanol–water partition coefficient (Wildman–Crippen LogP) is 6.14. The molecule has 0 amide bonds. The standard InChI is InChI=1S/C16H15Cl2F2N/c1-3-15(10-4-5-11(17)12(18)7-10)21-16-8-13(19)9(2)6-14(16)20/h4-8,15,21H,3H2,1-2H3. The Kier molecular flexibility index (Phi) is 5.07. The summed E-state index contributed by atoms with van der Waals surface area (Å²) >= 11 is 11.9. The molecule has 0 saturated carbocycles. The van der Waals surface area contributed by atoms with Crippen molar-refractivity contribution < 1.29 is 8.78 Å². The minimum absolute atomic E-state index is 0.135. The van der Waals surface area contributed by atoms with Gasteiger partial charge in [-0.15, -0.1) is 0 Å². The molecule has 0 aromatic heterocycles. The highest BCUT2D eigenvalue weighted by Gasteiger charge is 2.14. The maximum Gasteiger partial charge on any atom is 0.146 e. The Balaban J connectivity index is 2.31. The Bertz CT molecular complexity index is 659. The van der Waals surface area contributed by atoms with Crippen LogP contribution in [0.25, 0.3) is 0 Å². The van der Waals surface area contributed by atoms with Gasteiger partial charge in [0.25, 0.3) is 0 Å². The van der Waals surface area contributed by atoms with Gasteiger partial charge in [0, 0.05) is 6.07 Å². The second-order valence-electron chi connectivity index (χ2n) is 4.86. The van der Waals surface area contributed by atoms with Gasteiger partial charge in [-0.2, -0.15) is 0 Å². The van der Waals surface area contributed by atoms with E-state index in [1.165, 1.54) is 19.1 Å². The number of nitrogens with one attached hydrogen (secondary N) is 1. The van der Waals surface area contributed by atoms with Gasteiger partial charge >= 0.3 is 0 Å². The Labute approximate surface area is 132 Å². The molecule has 0 bridgehead atoms. The van der Waals surface area contributed by atoms with Gasteiger partial charge in [0.05, 0.1) is 21.8 Å². The van der Waals surface area contributed by atoms with Crippen LogP contribution in [0.2, 0.25) is 10.0 Å². The SMILES string of the molecule is CCC(Nc1cc(F)c(C)cc1F)c1ccc(Cl)c(Cl)c1. The number of rotatable bonds is 4. The zero-order chi connectivity index (χ0) is 15.6. The fraction of sp³-hybridized carbons (Fsp3) is 0.250. The Morgan fingerprint density at radius 3 is 2.38 bits per heavy atom. The maximum absolute atomic E-state index is 13.9. The number of anilines is 1. The van der Waals surface area contributed by atoms with E-state index in [1.54, 1.807) is 12.1 Å². The molecule has 21 heavy (non-hydrogen) atoms. The summed E-state index contributed by atoms with van der Waals surface area (Å²) in [6, 6.07) is 7.40. The molecule has 5 heteroatoms. The van der Waals surface area contributed by atoms with E-state index in [0.29, 0.717) is 16.5 Å². The molecule has 2 aromatic carbocycles. The highest BCUT2D eigenvalue weighted by Crippen LogP contribution is 2.30. The van der Waals surface area contributed by atoms with Crippen molar-refractivity contribution in [1.82, 2.24) is 0 Å².